The quantitative estimate of drug-likeness (QED) is 0.305. The summed E-state index contributed by atoms with van der Waals surface area (Å²) in [6, 6.07) is 6.29. The third-order valence-electron chi connectivity index (χ3n) is 6.88. The van der Waals surface area contributed by atoms with Gasteiger partial charge in [-0.15, -0.1) is 0 Å². The van der Waals surface area contributed by atoms with E-state index in [1.165, 1.54) is 6.20 Å². The smallest absolute Gasteiger partial charge is 0.419 e. The van der Waals surface area contributed by atoms with Gasteiger partial charge in [0.05, 0.1) is 25.1 Å². The molecule has 3 heterocycles. The van der Waals surface area contributed by atoms with Crippen LogP contribution >= 0.6 is 0 Å². The van der Waals surface area contributed by atoms with Crippen molar-refractivity contribution in [1.82, 2.24) is 9.97 Å². The first-order valence-corrected chi connectivity index (χ1v) is 12.2. The summed E-state index contributed by atoms with van der Waals surface area (Å²) in [6.07, 6.45) is -2.11. The highest BCUT2D eigenvalue weighted by atomic mass is 19.4. The first kappa shape index (κ1) is 25.3. The number of rotatable bonds is 7. The second-order valence-electron chi connectivity index (χ2n) is 9.50. The molecule has 1 aromatic carbocycles. The topological polar surface area (TPSA) is 67.5 Å². The van der Waals surface area contributed by atoms with Gasteiger partial charge in [0.15, 0.2) is 0 Å². The van der Waals surface area contributed by atoms with Crippen molar-refractivity contribution in [3.05, 3.63) is 52.8 Å². The first-order chi connectivity index (χ1) is 17.5. The zero-order valence-electron chi connectivity index (χ0n) is 20.1. The molecule has 0 bridgehead atoms. The lowest BCUT2D eigenvalue weighted by atomic mass is 10.0. The number of hydrogen-bond acceptors (Lipinski definition) is 5. The van der Waals surface area contributed by atoms with Gasteiger partial charge in [0, 0.05) is 47.2 Å². The summed E-state index contributed by atoms with van der Waals surface area (Å²) >= 11 is 0. The Balaban J connectivity index is 1.33. The first-order valence-electron chi connectivity index (χ1n) is 12.2. The van der Waals surface area contributed by atoms with Crippen LogP contribution < -0.4 is 9.64 Å². The largest absolute Gasteiger partial charge is 0.489 e. The van der Waals surface area contributed by atoms with Gasteiger partial charge in [-0.25, -0.2) is 13.8 Å². The molecule has 2 aliphatic rings. The standard InChI is InChI=1S/C26H26F5N3O3/c1-2-36-22(35)10-16-3-5-18-19-11-17(4-6-21(19)33-23(16)18)37-13-15-9-20(26(29,30)31)24(32-12-15)34-8-7-25(27,28)14-34/h4,6,9,11-12,16,33H,2-3,5,7-8,10,13-14H2,1H3. The number of H-pyrrole nitrogens is 1. The summed E-state index contributed by atoms with van der Waals surface area (Å²) in [5.74, 6) is -3.25. The molecule has 1 N–H and O–H groups in total. The Kier molecular flexibility index (Phi) is 6.49. The second kappa shape index (κ2) is 9.50. The van der Waals surface area contributed by atoms with Crippen molar-refractivity contribution in [1.29, 1.82) is 0 Å². The molecule has 11 heteroatoms. The monoisotopic (exact) mass is 523 g/mol. The van der Waals surface area contributed by atoms with Crippen molar-refractivity contribution in [3.8, 4) is 5.75 Å². The van der Waals surface area contributed by atoms with Gasteiger partial charge in [-0.1, -0.05) is 0 Å². The van der Waals surface area contributed by atoms with Gasteiger partial charge in [-0.2, -0.15) is 13.2 Å². The summed E-state index contributed by atoms with van der Waals surface area (Å²) in [7, 11) is 0. The highest BCUT2D eigenvalue weighted by molar-refractivity contribution is 5.87. The fraction of sp³-hybridized carbons (Fsp3) is 0.462. The molecular formula is C26H26F5N3O3. The number of ether oxygens (including phenoxy) is 2. The molecule has 0 radical (unpaired) electrons. The zero-order chi connectivity index (χ0) is 26.4. The molecule has 0 amide bonds. The van der Waals surface area contributed by atoms with Crippen LogP contribution in [0.25, 0.3) is 10.9 Å². The average molecular weight is 524 g/mol. The van der Waals surface area contributed by atoms with Crippen LogP contribution in [-0.2, 0) is 28.7 Å². The van der Waals surface area contributed by atoms with E-state index >= 15 is 0 Å². The fourth-order valence-electron chi connectivity index (χ4n) is 5.17. The highest BCUT2D eigenvalue weighted by Gasteiger charge is 2.43. The summed E-state index contributed by atoms with van der Waals surface area (Å²) in [5, 5.41) is 0.943. The molecule has 1 saturated heterocycles. The number of halogens is 5. The Labute approximate surface area is 209 Å². The SMILES string of the molecule is CCOC(=O)CC1CCc2c1[nH]c1ccc(OCc3cnc(N4CCC(F)(F)C4)c(C(F)(F)F)c3)cc21. The van der Waals surface area contributed by atoms with E-state index in [9.17, 15) is 26.7 Å². The Morgan fingerprint density at radius 1 is 1.27 bits per heavy atom. The van der Waals surface area contributed by atoms with E-state index < -0.39 is 36.4 Å². The number of alkyl halides is 5. The number of nitrogens with one attached hydrogen (secondary N) is 1. The zero-order valence-corrected chi connectivity index (χ0v) is 20.1. The molecule has 1 aliphatic heterocycles. The fourth-order valence-corrected chi connectivity index (χ4v) is 5.17. The Morgan fingerprint density at radius 3 is 2.78 bits per heavy atom. The number of aromatic nitrogens is 2. The Morgan fingerprint density at radius 2 is 2.08 bits per heavy atom. The van der Waals surface area contributed by atoms with Crippen molar-refractivity contribution in [3.63, 3.8) is 0 Å². The predicted octanol–water partition coefficient (Wildman–Crippen LogP) is 5.99. The van der Waals surface area contributed by atoms with Crippen LogP contribution in [0.5, 0.6) is 5.75 Å². The molecular weight excluding hydrogens is 497 g/mol. The van der Waals surface area contributed by atoms with E-state index in [2.05, 4.69) is 9.97 Å². The Bertz CT molecular complexity index is 1320. The van der Waals surface area contributed by atoms with Gasteiger partial charge in [-0.3, -0.25) is 4.79 Å². The van der Waals surface area contributed by atoms with E-state index in [1.54, 1.807) is 13.0 Å². The van der Waals surface area contributed by atoms with Crippen LogP contribution in [0.4, 0.5) is 27.8 Å². The van der Waals surface area contributed by atoms with E-state index in [1.807, 2.05) is 12.1 Å². The van der Waals surface area contributed by atoms with Crippen molar-refractivity contribution < 1.29 is 36.2 Å². The number of carbonyl (C=O) groups is 1. The van der Waals surface area contributed by atoms with E-state index in [-0.39, 0.29) is 30.6 Å². The molecule has 1 unspecified atom stereocenters. The summed E-state index contributed by atoms with van der Waals surface area (Å²) < 4.78 is 79.2. The van der Waals surface area contributed by atoms with Crippen LogP contribution in [0.15, 0.2) is 30.5 Å². The highest BCUT2D eigenvalue weighted by Crippen LogP contribution is 2.41. The van der Waals surface area contributed by atoms with Crippen molar-refractivity contribution in [2.45, 2.75) is 57.2 Å². The summed E-state index contributed by atoms with van der Waals surface area (Å²) in [6.45, 7) is 0.950. The molecule has 198 valence electrons. The van der Waals surface area contributed by atoms with Gasteiger partial charge < -0.3 is 19.4 Å². The van der Waals surface area contributed by atoms with Gasteiger partial charge in [0.25, 0.3) is 5.92 Å². The molecule has 3 aromatic rings. The summed E-state index contributed by atoms with van der Waals surface area (Å²) in [5.41, 5.74) is 2.11. The number of benzene rings is 1. The molecule has 37 heavy (non-hydrogen) atoms. The minimum absolute atomic E-state index is 0.0479. The van der Waals surface area contributed by atoms with E-state index in [0.29, 0.717) is 18.8 Å². The number of hydrogen-bond donors (Lipinski definition) is 1. The number of aromatic amines is 1. The predicted molar refractivity (Wildman–Crippen MR) is 126 cm³/mol. The number of fused-ring (bicyclic) bond motifs is 3. The number of anilines is 1. The molecule has 1 aliphatic carbocycles. The summed E-state index contributed by atoms with van der Waals surface area (Å²) in [4.78, 5) is 20.2. The minimum atomic E-state index is -4.75. The molecule has 5 rings (SSSR count). The van der Waals surface area contributed by atoms with Crippen LogP contribution in [0.1, 0.15) is 54.5 Å². The lowest BCUT2D eigenvalue weighted by Crippen LogP contribution is -2.28. The lowest BCUT2D eigenvalue weighted by Gasteiger charge is -2.22. The van der Waals surface area contributed by atoms with Crippen molar-refractivity contribution in [2.75, 3.05) is 24.6 Å². The van der Waals surface area contributed by atoms with E-state index in [4.69, 9.17) is 9.47 Å². The molecule has 0 spiro atoms. The number of pyridine rings is 1. The molecule has 2 aromatic heterocycles. The number of carbonyl (C=O) groups excluding carboxylic acids is 1. The maximum absolute atomic E-state index is 13.7. The van der Waals surface area contributed by atoms with Crippen molar-refractivity contribution >= 4 is 22.7 Å². The van der Waals surface area contributed by atoms with Crippen LogP contribution in [0.3, 0.4) is 0 Å². The van der Waals surface area contributed by atoms with Gasteiger partial charge in [0.2, 0.25) is 0 Å². The number of nitrogens with zero attached hydrogens (tertiary/aromatic N) is 2. The Hall–Kier alpha value is -3.37. The van der Waals surface area contributed by atoms with Crippen molar-refractivity contribution in [2.24, 2.45) is 0 Å². The maximum atomic E-state index is 13.7. The third kappa shape index (κ3) is 5.21. The normalized spacial score (nSPS) is 18.9. The molecule has 1 fully saturated rings. The molecule has 6 nitrogen and oxygen atoms in total. The van der Waals surface area contributed by atoms with Crippen LogP contribution in [0.2, 0.25) is 0 Å². The lowest BCUT2D eigenvalue weighted by molar-refractivity contribution is -0.143. The van der Waals surface area contributed by atoms with Crippen LogP contribution in [0, 0.1) is 0 Å². The number of esters is 1. The van der Waals surface area contributed by atoms with E-state index in [0.717, 1.165) is 46.0 Å². The second-order valence-corrected chi connectivity index (χ2v) is 9.50. The van der Waals surface area contributed by atoms with Gasteiger partial charge in [0.1, 0.15) is 18.2 Å². The minimum Gasteiger partial charge on any atom is -0.489 e. The van der Waals surface area contributed by atoms with Gasteiger partial charge >= 0.3 is 12.1 Å². The van der Waals surface area contributed by atoms with Crippen LogP contribution in [-0.4, -0.2) is 41.6 Å². The molecule has 0 saturated carbocycles. The third-order valence-corrected chi connectivity index (χ3v) is 6.88. The maximum Gasteiger partial charge on any atom is 0.419 e. The number of aryl methyl sites for hydroxylation is 1. The average Bonchev–Trinajstić information content (AvgIpc) is 3.51. The van der Waals surface area contributed by atoms with Gasteiger partial charge in [-0.05, 0) is 49.6 Å². The molecule has 1 atom stereocenters.